The Labute approximate surface area is 123 Å². The summed E-state index contributed by atoms with van der Waals surface area (Å²) in [6.45, 7) is 4.44. The van der Waals surface area contributed by atoms with Gasteiger partial charge in [-0.05, 0) is 37.6 Å². The maximum atomic E-state index is 11.0. The molecule has 0 heterocycles. The van der Waals surface area contributed by atoms with Crippen LogP contribution in [0.15, 0.2) is 48.5 Å². The van der Waals surface area contributed by atoms with Crippen LogP contribution in [0.3, 0.4) is 0 Å². The van der Waals surface area contributed by atoms with Crippen LogP contribution < -0.4 is 10.1 Å². The quantitative estimate of drug-likeness (QED) is 0.644. The number of anilines is 1. The van der Waals surface area contributed by atoms with Gasteiger partial charge in [0, 0.05) is 12.6 Å². The number of benzene rings is 2. The topological polar surface area (TPSA) is 64.4 Å². The van der Waals surface area contributed by atoms with Crippen LogP contribution in [0.1, 0.15) is 19.4 Å². The molecule has 0 aliphatic carbocycles. The number of nitrogens with one attached hydrogen (secondary N) is 1. The molecule has 5 nitrogen and oxygen atoms in total. The highest BCUT2D eigenvalue weighted by Gasteiger charge is 2.11. The fourth-order valence-electron chi connectivity index (χ4n) is 1.98. The van der Waals surface area contributed by atoms with Gasteiger partial charge < -0.3 is 10.1 Å². The third-order valence-corrected chi connectivity index (χ3v) is 2.85. The first-order chi connectivity index (χ1) is 10.1. The molecule has 0 saturated heterocycles. The predicted octanol–water partition coefficient (Wildman–Crippen LogP) is 3.99. The van der Waals surface area contributed by atoms with E-state index in [0.717, 1.165) is 11.3 Å². The number of nitro groups is 1. The van der Waals surface area contributed by atoms with E-state index < -0.39 is 0 Å². The Morgan fingerprint density at radius 1 is 1.19 bits per heavy atom. The third kappa shape index (κ3) is 4.21. The van der Waals surface area contributed by atoms with Gasteiger partial charge in [-0.2, -0.15) is 0 Å². The highest BCUT2D eigenvalue weighted by molar-refractivity contribution is 5.61. The van der Waals surface area contributed by atoms with E-state index in [2.05, 4.69) is 5.32 Å². The van der Waals surface area contributed by atoms with Crippen molar-refractivity contribution in [3.05, 3.63) is 64.2 Å². The summed E-state index contributed by atoms with van der Waals surface area (Å²) in [6, 6.07) is 14.3. The molecule has 0 aliphatic heterocycles. The molecule has 0 atom stereocenters. The first kappa shape index (κ1) is 14.8. The Morgan fingerprint density at radius 3 is 2.67 bits per heavy atom. The molecule has 0 aliphatic rings. The van der Waals surface area contributed by atoms with Crippen LogP contribution in [0.4, 0.5) is 11.4 Å². The molecule has 0 saturated carbocycles. The van der Waals surface area contributed by atoms with Gasteiger partial charge in [-0.1, -0.05) is 24.3 Å². The van der Waals surface area contributed by atoms with E-state index in [4.69, 9.17) is 4.74 Å². The molecule has 0 fully saturated rings. The molecule has 21 heavy (non-hydrogen) atoms. The average Bonchev–Trinajstić information content (AvgIpc) is 2.45. The van der Waals surface area contributed by atoms with Gasteiger partial charge in [0.05, 0.1) is 11.0 Å². The Balaban J connectivity index is 2.08. The van der Waals surface area contributed by atoms with E-state index in [-0.39, 0.29) is 16.7 Å². The molecular weight excluding hydrogens is 268 g/mol. The monoisotopic (exact) mass is 286 g/mol. The van der Waals surface area contributed by atoms with Crippen LogP contribution in [0.25, 0.3) is 0 Å². The summed E-state index contributed by atoms with van der Waals surface area (Å²) in [5.41, 5.74) is 1.59. The van der Waals surface area contributed by atoms with Crippen molar-refractivity contribution < 1.29 is 9.66 Å². The minimum atomic E-state index is -0.388. The van der Waals surface area contributed by atoms with Crippen molar-refractivity contribution in [1.82, 2.24) is 0 Å². The molecule has 0 radical (unpaired) electrons. The fourth-order valence-corrected chi connectivity index (χ4v) is 1.98. The van der Waals surface area contributed by atoms with E-state index >= 15 is 0 Å². The standard InChI is InChI=1S/C16H18N2O3/c1-12(2)21-14-7-5-6-13(10-14)11-17-15-8-3-4-9-16(15)18(19)20/h3-10,12,17H,11H2,1-2H3. The molecule has 2 aromatic carbocycles. The molecule has 0 spiro atoms. The Bertz CT molecular complexity index is 626. The summed E-state index contributed by atoms with van der Waals surface area (Å²) >= 11 is 0. The molecule has 110 valence electrons. The van der Waals surface area contributed by atoms with E-state index in [9.17, 15) is 10.1 Å². The zero-order valence-corrected chi connectivity index (χ0v) is 12.1. The van der Waals surface area contributed by atoms with Gasteiger partial charge in [-0.25, -0.2) is 0 Å². The fraction of sp³-hybridized carbons (Fsp3) is 0.250. The number of hydrogen-bond acceptors (Lipinski definition) is 4. The summed E-state index contributed by atoms with van der Waals surface area (Å²) in [5, 5.41) is 14.0. The maximum absolute atomic E-state index is 11.0. The van der Waals surface area contributed by atoms with Gasteiger partial charge in [0.1, 0.15) is 11.4 Å². The summed E-state index contributed by atoms with van der Waals surface area (Å²) in [6.07, 6.45) is 0.114. The highest BCUT2D eigenvalue weighted by Crippen LogP contribution is 2.24. The number of hydrogen-bond donors (Lipinski definition) is 1. The number of ether oxygens (including phenoxy) is 1. The zero-order chi connectivity index (χ0) is 15.2. The first-order valence-electron chi connectivity index (χ1n) is 6.79. The number of nitrogens with zero attached hydrogens (tertiary/aromatic N) is 1. The van der Waals surface area contributed by atoms with Crippen LogP contribution in [0.5, 0.6) is 5.75 Å². The van der Waals surface area contributed by atoms with Crippen molar-refractivity contribution >= 4 is 11.4 Å². The van der Waals surface area contributed by atoms with Crippen LogP contribution in [0, 0.1) is 10.1 Å². The summed E-state index contributed by atoms with van der Waals surface area (Å²) in [5.74, 6) is 0.798. The minimum absolute atomic E-state index is 0.0760. The third-order valence-electron chi connectivity index (χ3n) is 2.85. The van der Waals surface area contributed by atoms with Crippen LogP contribution in [-0.4, -0.2) is 11.0 Å². The number of rotatable bonds is 6. The Kier molecular flexibility index (Phi) is 4.77. The zero-order valence-electron chi connectivity index (χ0n) is 12.1. The van der Waals surface area contributed by atoms with E-state index in [1.807, 2.05) is 38.1 Å². The predicted molar refractivity (Wildman–Crippen MR) is 82.6 cm³/mol. The maximum Gasteiger partial charge on any atom is 0.292 e. The van der Waals surface area contributed by atoms with Crippen molar-refractivity contribution in [2.45, 2.75) is 26.5 Å². The second-order valence-corrected chi connectivity index (χ2v) is 4.94. The van der Waals surface area contributed by atoms with Gasteiger partial charge in [0.15, 0.2) is 0 Å². The Hall–Kier alpha value is -2.56. The molecule has 1 N–H and O–H groups in total. The Morgan fingerprint density at radius 2 is 1.95 bits per heavy atom. The lowest BCUT2D eigenvalue weighted by molar-refractivity contribution is -0.384. The second-order valence-electron chi connectivity index (χ2n) is 4.94. The number of para-hydroxylation sites is 2. The van der Waals surface area contributed by atoms with Gasteiger partial charge in [0.25, 0.3) is 5.69 Å². The smallest absolute Gasteiger partial charge is 0.292 e. The second kappa shape index (κ2) is 6.74. The van der Waals surface area contributed by atoms with Crippen LogP contribution >= 0.6 is 0 Å². The molecule has 2 aromatic rings. The molecule has 5 heteroatoms. The molecule has 0 amide bonds. The lowest BCUT2D eigenvalue weighted by Gasteiger charge is -2.12. The molecule has 0 bridgehead atoms. The normalized spacial score (nSPS) is 10.4. The number of nitro benzene ring substituents is 1. The van der Waals surface area contributed by atoms with E-state index in [1.54, 1.807) is 18.2 Å². The summed E-state index contributed by atoms with van der Waals surface area (Å²) < 4.78 is 5.63. The molecule has 0 unspecified atom stereocenters. The van der Waals surface area contributed by atoms with Crippen LogP contribution in [-0.2, 0) is 6.54 Å². The summed E-state index contributed by atoms with van der Waals surface area (Å²) in [4.78, 5) is 10.6. The van der Waals surface area contributed by atoms with Crippen molar-refractivity contribution in [2.75, 3.05) is 5.32 Å². The lowest BCUT2D eigenvalue weighted by atomic mass is 10.2. The lowest BCUT2D eigenvalue weighted by Crippen LogP contribution is -2.06. The average molecular weight is 286 g/mol. The molecular formula is C16H18N2O3. The molecule has 0 aromatic heterocycles. The van der Waals surface area contributed by atoms with Crippen molar-refractivity contribution in [2.24, 2.45) is 0 Å². The van der Waals surface area contributed by atoms with Crippen molar-refractivity contribution in [3.8, 4) is 5.75 Å². The summed E-state index contributed by atoms with van der Waals surface area (Å²) in [7, 11) is 0. The van der Waals surface area contributed by atoms with Gasteiger partial charge in [0.2, 0.25) is 0 Å². The van der Waals surface area contributed by atoms with E-state index in [0.29, 0.717) is 12.2 Å². The van der Waals surface area contributed by atoms with Crippen molar-refractivity contribution in [1.29, 1.82) is 0 Å². The minimum Gasteiger partial charge on any atom is -0.491 e. The van der Waals surface area contributed by atoms with E-state index in [1.165, 1.54) is 6.07 Å². The largest absolute Gasteiger partial charge is 0.491 e. The highest BCUT2D eigenvalue weighted by atomic mass is 16.6. The SMILES string of the molecule is CC(C)Oc1cccc(CNc2ccccc2[N+](=O)[O-])c1. The molecule has 2 rings (SSSR count). The van der Waals surface area contributed by atoms with Crippen LogP contribution in [0.2, 0.25) is 0 Å². The van der Waals surface area contributed by atoms with Gasteiger partial charge in [-0.3, -0.25) is 10.1 Å². The first-order valence-corrected chi connectivity index (χ1v) is 6.79. The van der Waals surface area contributed by atoms with Crippen molar-refractivity contribution in [3.63, 3.8) is 0 Å². The van der Waals surface area contributed by atoms with Gasteiger partial charge >= 0.3 is 0 Å². The van der Waals surface area contributed by atoms with Gasteiger partial charge in [-0.15, -0.1) is 0 Å².